The molecular formula is C27H23ClN2O4S. The van der Waals surface area contributed by atoms with Crippen LogP contribution < -0.4 is 20.5 Å². The van der Waals surface area contributed by atoms with Crippen molar-refractivity contribution in [3.8, 4) is 11.5 Å². The minimum absolute atomic E-state index is 0.154. The first-order valence-corrected chi connectivity index (χ1v) is 12.0. The Bertz CT molecular complexity index is 1350. The van der Waals surface area contributed by atoms with Gasteiger partial charge in [-0.2, -0.15) is 0 Å². The van der Waals surface area contributed by atoms with E-state index in [0.717, 1.165) is 10.4 Å². The number of thiophene rings is 1. The van der Waals surface area contributed by atoms with Gasteiger partial charge in [-0.1, -0.05) is 54.1 Å². The Morgan fingerprint density at radius 1 is 0.971 bits per heavy atom. The number of methoxy groups -OCH3 is 1. The van der Waals surface area contributed by atoms with E-state index in [1.54, 1.807) is 43.5 Å². The lowest BCUT2D eigenvalue weighted by Gasteiger charge is -2.13. The van der Waals surface area contributed by atoms with Gasteiger partial charge in [0.2, 0.25) is 0 Å². The number of para-hydroxylation sites is 1. The van der Waals surface area contributed by atoms with Gasteiger partial charge in [0, 0.05) is 22.4 Å². The molecule has 0 saturated carbocycles. The SMILES string of the molecule is COc1ccc(C(=O)Nc2sc(Cc3ccccc3)cc2C(N)=O)cc1COc1ccccc1Cl. The second-order valence-electron chi connectivity index (χ2n) is 7.68. The smallest absolute Gasteiger partial charge is 0.256 e. The summed E-state index contributed by atoms with van der Waals surface area (Å²) in [5.74, 6) is 0.135. The fourth-order valence-electron chi connectivity index (χ4n) is 3.53. The number of rotatable bonds is 9. The molecule has 4 rings (SSSR count). The van der Waals surface area contributed by atoms with Gasteiger partial charge in [0.1, 0.15) is 23.1 Å². The highest BCUT2D eigenvalue weighted by molar-refractivity contribution is 7.16. The molecule has 35 heavy (non-hydrogen) atoms. The number of carbonyl (C=O) groups excluding carboxylic acids is 2. The highest BCUT2D eigenvalue weighted by Gasteiger charge is 2.18. The maximum Gasteiger partial charge on any atom is 0.256 e. The molecule has 3 N–H and O–H groups in total. The molecule has 178 valence electrons. The van der Waals surface area contributed by atoms with E-state index in [9.17, 15) is 9.59 Å². The number of anilines is 1. The largest absolute Gasteiger partial charge is 0.496 e. The molecule has 0 radical (unpaired) electrons. The molecule has 0 aliphatic rings. The second-order valence-corrected chi connectivity index (χ2v) is 9.23. The lowest BCUT2D eigenvalue weighted by atomic mass is 10.1. The van der Waals surface area contributed by atoms with Crippen LogP contribution in [-0.4, -0.2) is 18.9 Å². The normalized spacial score (nSPS) is 10.6. The van der Waals surface area contributed by atoms with E-state index in [1.165, 1.54) is 11.3 Å². The summed E-state index contributed by atoms with van der Waals surface area (Å²) in [5.41, 5.74) is 8.02. The van der Waals surface area contributed by atoms with Gasteiger partial charge in [-0.05, 0) is 42.0 Å². The minimum Gasteiger partial charge on any atom is -0.496 e. The predicted octanol–water partition coefficient (Wildman–Crippen LogP) is 5.93. The Morgan fingerprint density at radius 2 is 1.71 bits per heavy atom. The van der Waals surface area contributed by atoms with E-state index in [0.29, 0.717) is 39.1 Å². The number of halogens is 1. The van der Waals surface area contributed by atoms with E-state index in [1.807, 2.05) is 42.5 Å². The molecule has 4 aromatic rings. The molecule has 3 aromatic carbocycles. The summed E-state index contributed by atoms with van der Waals surface area (Å²) in [6, 6.07) is 23.8. The van der Waals surface area contributed by atoms with Gasteiger partial charge >= 0.3 is 0 Å². The predicted molar refractivity (Wildman–Crippen MR) is 139 cm³/mol. The average molecular weight is 507 g/mol. The topological polar surface area (TPSA) is 90.6 Å². The van der Waals surface area contributed by atoms with Crippen molar-refractivity contribution in [1.82, 2.24) is 0 Å². The number of hydrogen-bond donors (Lipinski definition) is 2. The van der Waals surface area contributed by atoms with Crippen LogP contribution >= 0.6 is 22.9 Å². The first-order valence-electron chi connectivity index (χ1n) is 10.8. The van der Waals surface area contributed by atoms with E-state index in [2.05, 4.69) is 5.32 Å². The number of hydrogen-bond acceptors (Lipinski definition) is 5. The molecular weight excluding hydrogens is 484 g/mol. The monoisotopic (exact) mass is 506 g/mol. The van der Waals surface area contributed by atoms with Crippen molar-refractivity contribution < 1.29 is 19.1 Å². The maximum atomic E-state index is 13.1. The lowest BCUT2D eigenvalue weighted by Crippen LogP contribution is -2.16. The molecule has 0 bridgehead atoms. The first-order chi connectivity index (χ1) is 16.9. The zero-order valence-corrected chi connectivity index (χ0v) is 20.5. The van der Waals surface area contributed by atoms with E-state index in [-0.39, 0.29) is 18.1 Å². The summed E-state index contributed by atoms with van der Waals surface area (Å²) in [6.45, 7) is 0.154. The molecule has 0 atom stereocenters. The standard InChI is InChI=1S/C27H23ClN2O4S/c1-33-23-12-11-18(14-19(23)16-34-24-10-6-5-9-22(24)28)26(32)30-27-21(25(29)31)15-20(35-27)13-17-7-3-2-4-8-17/h2-12,14-15H,13,16H2,1H3,(H2,29,31)(H,30,32). The minimum atomic E-state index is -0.598. The number of benzene rings is 3. The number of nitrogens with two attached hydrogens (primary N) is 1. The van der Waals surface area contributed by atoms with Crippen molar-refractivity contribution in [2.75, 3.05) is 12.4 Å². The Morgan fingerprint density at radius 3 is 2.43 bits per heavy atom. The third kappa shape index (κ3) is 6.01. The lowest BCUT2D eigenvalue weighted by molar-refractivity contribution is 0.100. The van der Waals surface area contributed by atoms with Gasteiger partial charge in [0.05, 0.1) is 17.7 Å². The van der Waals surface area contributed by atoms with E-state index in [4.69, 9.17) is 26.8 Å². The number of ether oxygens (including phenoxy) is 2. The van der Waals surface area contributed by atoms with Crippen LogP contribution in [0.5, 0.6) is 11.5 Å². The fraction of sp³-hybridized carbons (Fsp3) is 0.111. The quantitative estimate of drug-likeness (QED) is 0.294. The van der Waals surface area contributed by atoms with Crippen LogP contribution in [0.2, 0.25) is 5.02 Å². The summed E-state index contributed by atoms with van der Waals surface area (Å²) in [7, 11) is 1.55. The highest BCUT2D eigenvalue weighted by atomic mass is 35.5. The first kappa shape index (κ1) is 24.3. The van der Waals surface area contributed by atoms with Crippen molar-refractivity contribution in [2.24, 2.45) is 5.73 Å². The molecule has 0 fully saturated rings. The molecule has 6 nitrogen and oxygen atoms in total. The maximum absolute atomic E-state index is 13.1. The van der Waals surface area contributed by atoms with Crippen molar-refractivity contribution in [1.29, 1.82) is 0 Å². The van der Waals surface area contributed by atoms with Crippen LogP contribution in [0.3, 0.4) is 0 Å². The summed E-state index contributed by atoms with van der Waals surface area (Å²) in [5, 5.41) is 3.74. The molecule has 0 spiro atoms. The summed E-state index contributed by atoms with van der Waals surface area (Å²) in [6.07, 6.45) is 0.633. The van der Waals surface area contributed by atoms with Crippen molar-refractivity contribution >= 4 is 39.8 Å². The molecule has 2 amide bonds. The number of nitrogens with one attached hydrogen (secondary N) is 1. The molecule has 1 aromatic heterocycles. The molecule has 0 saturated heterocycles. The van der Waals surface area contributed by atoms with Crippen LogP contribution in [0.1, 0.15) is 36.7 Å². The van der Waals surface area contributed by atoms with Crippen LogP contribution in [-0.2, 0) is 13.0 Å². The van der Waals surface area contributed by atoms with Crippen molar-refractivity contribution in [3.63, 3.8) is 0 Å². The second kappa shape index (κ2) is 11.1. The summed E-state index contributed by atoms with van der Waals surface area (Å²) < 4.78 is 11.2. The molecule has 0 unspecified atom stereocenters. The van der Waals surface area contributed by atoms with Crippen LogP contribution in [0.15, 0.2) is 78.9 Å². The summed E-state index contributed by atoms with van der Waals surface area (Å²) >= 11 is 7.50. The van der Waals surface area contributed by atoms with Gasteiger partial charge < -0.3 is 20.5 Å². The zero-order valence-electron chi connectivity index (χ0n) is 18.9. The number of amides is 2. The Balaban J connectivity index is 1.54. The zero-order chi connectivity index (χ0) is 24.8. The van der Waals surface area contributed by atoms with Crippen molar-refractivity contribution in [2.45, 2.75) is 13.0 Å². The molecule has 8 heteroatoms. The molecule has 1 heterocycles. The Kier molecular flexibility index (Phi) is 7.70. The fourth-order valence-corrected chi connectivity index (χ4v) is 4.81. The van der Waals surface area contributed by atoms with Crippen LogP contribution in [0, 0.1) is 0 Å². The van der Waals surface area contributed by atoms with Gasteiger partial charge in [-0.25, -0.2) is 0 Å². The third-order valence-corrected chi connectivity index (χ3v) is 6.62. The summed E-state index contributed by atoms with van der Waals surface area (Å²) in [4.78, 5) is 26.0. The molecule has 0 aliphatic carbocycles. The van der Waals surface area contributed by atoms with E-state index >= 15 is 0 Å². The van der Waals surface area contributed by atoms with Crippen LogP contribution in [0.25, 0.3) is 0 Å². The van der Waals surface area contributed by atoms with Crippen molar-refractivity contribution in [3.05, 3.63) is 111 Å². The number of carbonyl (C=O) groups is 2. The van der Waals surface area contributed by atoms with Gasteiger partial charge in [-0.3, -0.25) is 9.59 Å². The van der Waals surface area contributed by atoms with Gasteiger partial charge in [0.25, 0.3) is 11.8 Å². The van der Waals surface area contributed by atoms with Gasteiger partial charge in [-0.15, -0.1) is 11.3 Å². The number of primary amides is 1. The molecule has 0 aliphatic heterocycles. The third-order valence-electron chi connectivity index (χ3n) is 5.26. The Hall–Kier alpha value is -3.81. The van der Waals surface area contributed by atoms with Crippen LogP contribution in [0.4, 0.5) is 5.00 Å². The van der Waals surface area contributed by atoms with E-state index < -0.39 is 5.91 Å². The Labute approximate surface area is 212 Å². The highest BCUT2D eigenvalue weighted by Crippen LogP contribution is 2.31. The average Bonchev–Trinajstić information content (AvgIpc) is 3.26. The van der Waals surface area contributed by atoms with Gasteiger partial charge in [0.15, 0.2) is 0 Å².